The first kappa shape index (κ1) is 21.7. The summed E-state index contributed by atoms with van der Waals surface area (Å²) in [5.41, 5.74) is 4.08. The van der Waals surface area contributed by atoms with Crippen molar-refractivity contribution in [3.05, 3.63) is 80.8 Å². The smallest absolute Gasteiger partial charge is 0.257 e. The highest BCUT2D eigenvalue weighted by Crippen LogP contribution is 2.33. The second-order valence-electron chi connectivity index (χ2n) is 7.31. The summed E-state index contributed by atoms with van der Waals surface area (Å²) < 4.78 is 5.94. The first-order chi connectivity index (χ1) is 14.9. The van der Waals surface area contributed by atoms with Crippen molar-refractivity contribution in [3.63, 3.8) is 0 Å². The SMILES string of the molecule is CC[C@H](C)c1ccc2oc(-c3ccc(Cl)c(NC(=O)c4cccc(Cl)c4Cl)c3)nc2c1. The van der Waals surface area contributed by atoms with Gasteiger partial charge in [-0.15, -0.1) is 0 Å². The van der Waals surface area contributed by atoms with Gasteiger partial charge in [0.1, 0.15) is 5.52 Å². The highest BCUT2D eigenvalue weighted by atomic mass is 35.5. The van der Waals surface area contributed by atoms with Crippen LogP contribution in [-0.2, 0) is 0 Å². The molecule has 0 bridgehead atoms. The van der Waals surface area contributed by atoms with Crippen LogP contribution in [-0.4, -0.2) is 10.9 Å². The molecule has 1 aromatic heterocycles. The number of nitrogens with zero attached hydrogens (tertiary/aromatic N) is 1. The normalized spacial score (nSPS) is 12.2. The van der Waals surface area contributed by atoms with Gasteiger partial charge in [0.15, 0.2) is 5.58 Å². The lowest BCUT2D eigenvalue weighted by atomic mass is 9.98. The zero-order chi connectivity index (χ0) is 22.1. The Bertz CT molecular complexity index is 1280. The van der Waals surface area contributed by atoms with Crippen LogP contribution in [0.1, 0.15) is 42.1 Å². The Morgan fingerprint density at radius 1 is 1.06 bits per heavy atom. The highest BCUT2D eigenvalue weighted by Gasteiger charge is 2.16. The third-order valence-corrected chi connectivity index (χ3v) is 6.40. The molecule has 3 aromatic carbocycles. The van der Waals surface area contributed by atoms with Crippen LogP contribution in [0.15, 0.2) is 59.0 Å². The molecule has 1 atom stereocenters. The average Bonchev–Trinajstić information content (AvgIpc) is 3.19. The molecule has 158 valence electrons. The second kappa shape index (κ2) is 8.91. The summed E-state index contributed by atoms with van der Waals surface area (Å²) in [6, 6.07) is 16.1. The van der Waals surface area contributed by atoms with Crippen molar-refractivity contribution in [1.82, 2.24) is 4.98 Å². The Labute approximate surface area is 195 Å². The largest absolute Gasteiger partial charge is 0.436 e. The molecule has 7 heteroatoms. The molecule has 0 unspecified atom stereocenters. The van der Waals surface area contributed by atoms with Crippen molar-refractivity contribution in [2.24, 2.45) is 0 Å². The van der Waals surface area contributed by atoms with Gasteiger partial charge < -0.3 is 9.73 Å². The number of hydrogen-bond acceptors (Lipinski definition) is 3. The lowest BCUT2D eigenvalue weighted by molar-refractivity contribution is 0.102. The number of fused-ring (bicyclic) bond motifs is 1. The summed E-state index contributed by atoms with van der Waals surface area (Å²) in [4.78, 5) is 17.3. The fraction of sp³-hybridized carbons (Fsp3) is 0.167. The predicted molar refractivity (Wildman–Crippen MR) is 128 cm³/mol. The molecule has 0 aliphatic heterocycles. The highest BCUT2D eigenvalue weighted by molar-refractivity contribution is 6.44. The molecule has 1 amide bonds. The number of rotatable bonds is 5. The minimum atomic E-state index is -0.415. The summed E-state index contributed by atoms with van der Waals surface area (Å²) in [5, 5.41) is 3.66. The van der Waals surface area contributed by atoms with Gasteiger partial charge >= 0.3 is 0 Å². The first-order valence-electron chi connectivity index (χ1n) is 9.83. The number of carbonyl (C=O) groups is 1. The van der Waals surface area contributed by atoms with Gasteiger partial charge in [-0.25, -0.2) is 4.98 Å². The van der Waals surface area contributed by atoms with Crippen molar-refractivity contribution in [3.8, 4) is 11.5 Å². The molecular formula is C24H19Cl3N2O2. The van der Waals surface area contributed by atoms with Gasteiger partial charge in [-0.1, -0.05) is 60.8 Å². The molecular weight excluding hydrogens is 455 g/mol. The van der Waals surface area contributed by atoms with Crippen LogP contribution < -0.4 is 5.32 Å². The van der Waals surface area contributed by atoms with Gasteiger partial charge in [0.2, 0.25) is 5.89 Å². The molecule has 0 saturated heterocycles. The lowest BCUT2D eigenvalue weighted by Gasteiger charge is -2.10. The average molecular weight is 474 g/mol. The van der Waals surface area contributed by atoms with E-state index in [4.69, 9.17) is 39.2 Å². The van der Waals surface area contributed by atoms with E-state index in [0.717, 1.165) is 11.9 Å². The molecule has 0 aliphatic carbocycles. The van der Waals surface area contributed by atoms with Crippen molar-refractivity contribution < 1.29 is 9.21 Å². The molecule has 0 spiro atoms. The number of benzene rings is 3. The van der Waals surface area contributed by atoms with Gasteiger partial charge in [0, 0.05) is 5.56 Å². The van der Waals surface area contributed by atoms with E-state index in [0.29, 0.717) is 38.7 Å². The van der Waals surface area contributed by atoms with E-state index >= 15 is 0 Å². The standard InChI is InChI=1S/C24H19Cl3N2O2/c1-3-13(2)14-8-10-21-20(11-14)29-24(31-21)15-7-9-17(25)19(12-15)28-23(30)16-5-4-6-18(26)22(16)27/h4-13H,3H2,1-2H3,(H,28,30)/t13-/m0/s1. The first-order valence-corrected chi connectivity index (χ1v) is 11.0. The lowest BCUT2D eigenvalue weighted by Crippen LogP contribution is -2.13. The van der Waals surface area contributed by atoms with E-state index in [1.54, 1.807) is 36.4 Å². The molecule has 0 fully saturated rings. The van der Waals surface area contributed by atoms with Crippen LogP contribution in [0.4, 0.5) is 5.69 Å². The summed E-state index contributed by atoms with van der Waals surface area (Å²) in [5.74, 6) is 0.478. The molecule has 4 rings (SSSR count). The van der Waals surface area contributed by atoms with E-state index in [9.17, 15) is 4.79 Å². The molecule has 0 aliphatic rings. The zero-order valence-corrected chi connectivity index (χ0v) is 19.1. The Morgan fingerprint density at radius 3 is 2.65 bits per heavy atom. The molecule has 1 heterocycles. The summed E-state index contributed by atoms with van der Waals surface area (Å²) in [7, 11) is 0. The number of anilines is 1. The van der Waals surface area contributed by atoms with Crippen LogP contribution in [0.2, 0.25) is 15.1 Å². The zero-order valence-electron chi connectivity index (χ0n) is 16.9. The molecule has 4 nitrogen and oxygen atoms in total. The monoisotopic (exact) mass is 472 g/mol. The number of hydrogen-bond donors (Lipinski definition) is 1. The van der Waals surface area contributed by atoms with Crippen LogP contribution in [0.3, 0.4) is 0 Å². The minimum absolute atomic E-state index is 0.185. The van der Waals surface area contributed by atoms with E-state index in [1.165, 1.54) is 5.56 Å². The van der Waals surface area contributed by atoms with Gasteiger partial charge in [0.05, 0.1) is 26.3 Å². The topological polar surface area (TPSA) is 55.1 Å². The van der Waals surface area contributed by atoms with Gasteiger partial charge in [-0.2, -0.15) is 0 Å². The third kappa shape index (κ3) is 4.42. The van der Waals surface area contributed by atoms with Gasteiger partial charge in [0.25, 0.3) is 5.91 Å². The summed E-state index contributed by atoms with van der Waals surface area (Å²) in [6.45, 7) is 4.34. The maximum Gasteiger partial charge on any atom is 0.257 e. The summed E-state index contributed by atoms with van der Waals surface area (Å²) in [6.07, 6.45) is 1.05. The van der Waals surface area contributed by atoms with E-state index < -0.39 is 5.91 Å². The third-order valence-electron chi connectivity index (χ3n) is 5.25. The predicted octanol–water partition coefficient (Wildman–Crippen LogP) is 8.22. The molecule has 0 radical (unpaired) electrons. The Kier molecular flexibility index (Phi) is 6.24. The van der Waals surface area contributed by atoms with Crippen molar-refractivity contribution in [2.75, 3.05) is 5.32 Å². The van der Waals surface area contributed by atoms with Crippen LogP contribution >= 0.6 is 34.8 Å². The van der Waals surface area contributed by atoms with E-state index in [1.807, 2.05) is 6.07 Å². The van der Waals surface area contributed by atoms with Gasteiger partial charge in [-0.3, -0.25) is 4.79 Å². The second-order valence-corrected chi connectivity index (χ2v) is 8.50. The Balaban J connectivity index is 1.66. The van der Waals surface area contributed by atoms with E-state index in [-0.39, 0.29) is 10.6 Å². The maximum atomic E-state index is 12.7. The maximum absolute atomic E-state index is 12.7. The van der Waals surface area contributed by atoms with Crippen LogP contribution in [0, 0.1) is 0 Å². The number of amides is 1. The van der Waals surface area contributed by atoms with Crippen LogP contribution in [0.5, 0.6) is 0 Å². The quantitative estimate of drug-likeness (QED) is 0.317. The Morgan fingerprint density at radius 2 is 1.87 bits per heavy atom. The molecule has 0 saturated carbocycles. The number of aromatic nitrogens is 1. The van der Waals surface area contributed by atoms with Crippen LogP contribution in [0.25, 0.3) is 22.6 Å². The van der Waals surface area contributed by atoms with Crippen molar-refractivity contribution in [2.45, 2.75) is 26.2 Å². The number of carbonyl (C=O) groups excluding carboxylic acids is 1. The van der Waals surface area contributed by atoms with Crippen molar-refractivity contribution in [1.29, 1.82) is 0 Å². The summed E-state index contributed by atoms with van der Waals surface area (Å²) >= 11 is 18.5. The van der Waals surface area contributed by atoms with Gasteiger partial charge in [-0.05, 0) is 60.4 Å². The molecule has 31 heavy (non-hydrogen) atoms. The Hall–Kier alpha value is -2.53. The number of halogens is 3. The fourth-order valence-corrected chi connectivity index (χ4v) is 3.78. The molecule has 4 aromatic rings. The minimum Gasteiger partial charge on any atom is -0.436 e. The number of oxazole rings is 1. The number of nitrogens with one attached hydrogen (secondary N) is 1. The molecule has 1 N–H and O–H groups in total. The fourth-order valence-electron chi connectivity index (χ4n) is 3.23. The van der Waals surface area contributed by atoms with Crippen molar-refractivity contribution >= 4 is 57.5 Å². The van der Waals surface area contributed by atoms with E-state index in [2.05, 4.69) is 36.3 Å².